The van der Waals surface area contributed by atoms with Crippen molar-refractivity contribution in [3.63, 3.8) is 0 Å². The first kappa shape index (κ1) is 14.4. The summed E-state index contributed by atoms with van der Waals surface area (Å²) in [4.78, 5) is 12.6. The number of rotatable bonds is 4. The highest BCUT2D eigenvalue weighted by Crippen LogP contribution is 2.00. The van der Waals surface area contributed by atoms with Crippen LogP contribution in [0.3, 0.4) is 0 Å². The summed E-state index contributed by atoms with van der Waals surface area (Å²) in [6.07, 6.45) is 1.82. The van der Waals surface area contributed by atoms with E-state index in [9.17, 15) is 4.79 Å². The number of nitrogens with zero attached hydrogens (tertiary/aromatic N) is 1. The Morgan fingerprint density at radius 3 is 2.42 bits per heavy atom. The van der Waals surface area contributed by atoms with Gasteiger partial charge in [-0.05, 0) is 20.5 Å². The first-order valence-corrected chi connectivity index (χ1v) is 3.61. The largest absolute Gasteiger partial charge is 0.443 e. The highest BCUT2D eigenvalue weighted by Gasteiger charge is 2.11. The average Bonchev–Trinajstić information content (AvgIpc) is 1.99. The second-order valence-electron chi connectivity index (χ2n) is 2.47. The third-order valence-electron chi connectivity index (χ3n) is 1.34. The summed E-state index contributed by atoms with van der Waals surface area (Å²) >= 11 is 0. The highest BCUT2D eigenvalue weighted by atomic mass is 127. The molecule has 4 heteroatoms. The SMILES string of the molecule is C=CC(=O)OC(CC)N(C)C.I. The fourth-order valence-corrected chi connectivity index (χ4v) is 0.736. The third-order valence-corrected chi connectivity index (χ3v) is 1.34. The summed E-state index contributed by atoms with van der Waals surface area (Å²) in [6, 6.07) is 0. The van der Waals surface area contributed by atoms with Crippen LogP contribution in [0.25, 0.3) is 0 Å². The number of hydrogen-bond acceptors (Lipinski definition) is 3. The lowest BCUT2D eigenvalue weighted by atomic mass is 10.4. The minimum absolute atomic E-state index is 0. The molecule has 0 heterocycles. The van der Waals surface area contributed by atoms with E-state index in [4.69, 9.17) is 4.74 Å². The van der Waals surface area contributed by atoms with Crippen molar-refractivity contribution in [3.8, 4) is 0 Å². The molecular formula is C8H16INO2. The van der Waals surface area contributed by atoms with Crippen molar-refractivity contribution in [1.29, 1.82) is 0 Å². The van der Waals surface area contributed by atoms with Crippen LogP contribution < -0.4 is 0 Å². The number of carbonyl (C=O) groups excluding carboxylic acids is 1. The molecule has 0 aliphatic carbocycles. The Bertz CT molecular complexity index is 148. The van der Waals surface area contributed by atoms with Crippen LogP contribution in [-0.4, -0.2) is 31.2 Å². The van der Waals surface area contributed by atoms with Gasteiger partial charge in [0.15, 0.2) is 6.23 Å². The Kier molecular flexibility index (Phi) is 9.07. The summed E-state index contributed by atoms with van der Waals surface area (Å²) in [5.41, 5.74) is 0. The van der Waals surface area contributed by atoms with Crippen molar-refractivity contribution >= 4 is 29.9 Å². The standard InChI is InChI=1S/C8H15NO2.HI/c1-5-7(9(3)4)11-8(10)6-2;/h6-7H,2,5H2,1,3-4H3;1H. The molecule has 1 atom stereocenters. The molecule has 0 radical (unpaired) electrons. The van der Waals surface area contributed by atoms with E-state index in [2.05, 4.69) is 6.58 Å². The van der Waals surface area contributed by atoms with Gasteiger partial charge in [0.2, 0.25) is 0 Å². The minimum atomic E-state index is -0.370. The van der Waals surface area contributed by atoms with Gasteiger partial charge >= 0.3 is 5.97 Å². The predicted molar refractivity (Wildman–Crippen MR) is 59.5 cm³/mol. The summed E-state index contributed by atoms with van der Waals surface area (Å²) < 4.78 is 4.98. The molecule has 1 unspecified atom stereocenters. The van der Waals surface area contributed by atoms with Crippen LogP contribution in [0.4, 0.5) is 0 Å². The normalized spacial score (nSPS) is 11.7. The molecule has 0 aromatic heterocycles. The lowest BCUT2D eigenvalue weighted by Crippen LogP contribution is -2.31. The van der Waals surface area contributed by atoms with Crippen LogP contribution in [0, 0.1) is 0 Å². The molecule has 3 nitrogen and oxygen atoms in total. The van der Waals surface area contributed by atoms with Gasteiger partial charge in [0, 0.05) is 6.08 Å². The van der Waals surface area contributed by atoms with E-state index in [-0.39, 0.29) is 36.2 Å². The van der Waals surface area contributed by atoms with Gasteiger partial charge < -0.3 is 4.74 Å². The van der Waals surface area contributed by atoms with Crippen LogP contribution in [0.15, 0.2) is 12.7 Å². The summed E-state index contributed by atoms with van der Waals surface area (Å²) in [5.74, 6) is -0.370. The van der Waals surface area contributed by atoms with Gasteiger partial charge in [-0.15, -0.1) is 24.0 Å². The molecule has 0 rings (SSSR count). The third kappa shape index (κ3) is 5.54. The molecule has 0 aliphatic heterocycles. The molecule has 0 spiro atoms. The van der Waals surface area contributed by atoms with Gasteiger partial charge in [0.25, 0.3) is 0 Å². The molecule has 0 fully saturated rings. The number of halogens is 1. The molecule has 0 aromatic rings. The molecule has 12 heavy (non-hydrogen) atoms. The Morgan fingerprint density at radius 1 is 1.67 bits per heavy atom. The van der Waals surface area contributed by atoms with Crippen molar-refractivity contribution in [3.05, 3.63) is 12.7 Å². The summed E-state index contributed by atoms with van der Waals surface area (Å²) in [7, 11) is 3.73. The van der Waals surface area contributed by atoms with E-state index in [0.29, 0.717) is 0 Å². The number of carbonyl (C=O) groups is 1. The first-order chi connectivity index (χ1) is 5.11. The molecular weight excluding hydrogens is 269 g/mol. The van der Waals surface area contributed by atoms with E-state index in [1.54, 1.807) is 0 Å². The fourth-order valence-electron chi connectivity index (χ4n) is 0.736. The molecule has 0 saturated heterocycles. The van der Waals surface area contributed by atoms with Gasteiger partial charge in [-0.25, -0.2) is 4.79 Å². The lowest BCUT2D eigenvalue weighted by molar-refractivity contribution is -0.150. The summed E-state index contributed by atoms with van der Waals surface area (Å²) in [6.45, 7) is 5.27. The topological polar surface area (TPSA) is 29.5 Å². The second kappa shape index (κ2) is 7.54. The predicted octanol–water partition coefficient (Wildman–Crippen LogP) is 1.63. The molecule has 0 bridgehead atoms. The van der Waals surface area contributed by atoms with E-state index >= 15 is 0 Å². The fraction of sp³-hybridized carbons (Fsp3) is 0.625. The molecule has 0 amide bonds. The summed E-state index contributed by atoms with van der Waals surface area (Å²) in [5, 5.41) is 0. The van der Waals surface area contributed by atoms with E-state index in [1.807, 2.05) is 25.9 Å². The van der Waals surface area contributed by atoms with Crippen molar-refractivity contribution in [2.24, 2.45) is 0 Å². The average molecular weight is 285 g/mol. The molecule has 0 aliphatic rings. The maximum atomic E-state index is 10.7. The van der Waals surface area contributed by atoms with Crippen molar-refractivity contribution in [1.82, 2.24) is 4.90 Å². The van der Waals surface area contributed by atoms with Gasteiger partial charge in [0.1, 0.15) is 0 Å². The zero-order chi connectivity index (χ0) is 8.85. The Labute approximate surface area is 90.8 Å². The van der Waals surface area contributed by atoms with E-state index < -0.39 is 0 Å². The van der Waals surface area contributed by atoms with Gasteiger partial charge in [-0.1, -0.05) is 13.5 Å². The van der Waals surface area contributed by atoms with Crippen molar-refractivity contribution in [2.75, 3.05) is 14.1 Å². The van der Waals surface area contributed by atoms with Crippen LogP contribution in [-0.2, 0) is 9.53 Å². The number of esters is 1. The monoisotopic (exact) mass is 285 g/mol. The van der Waals surface area contributed by atoms with Crippen LogP contribution in [0.1, 0.15) is 13.3 Å². The molecule has 0 aromatic carbocycles. The Hall–Kier alpha value is -0.100. The quantitative estimate of drug-likeness (QED) is 0.340. The van der Waals surface area contributed by atoms with Crippen LogP contribution >= 0.6 is 24.0 Å². The maximum Gasteiger partial charge on any atom is 0.331 e. The Balaban J connectivity index is 0. The highest BCUT2D eigenvalue weighted by molar-refractivity contribution is 14.0. The van der Waals surface area contributed by atoms with E-state index in [0.717, 1.165) is 6.42 Å². The maximum absolute atomic E-state index is 10.7. The minimum Gasteiger partial charge on any atom is -0.443 e. The second-order valence-corrected chi connectivity index (χ2v) is 2.47. The Morgan fingerprint density at radius 2 is 2.17 bits per heavy atom. The van der Waals surface area contributed by atoms with E-state index in [1.165, 1.54) is 6.08 Å². The molecule has 0 saturated carbocycles. The van der Waals surface area contributed by atoms with Gasteiger partial charge in [-0.2, -0.15) is 0 Å². The van der Waals surface area contributed by atoms with Gasteiger partial charge in [-0.3, -0.25) is 4.90 Å². The first-order valence-electron chi connectivity index (χ1n) is 3.61. The van der Waals surface area contributed by atoms with Crippen LogP contribution in [0.5, 0.6) is 0 Å². The number of hydrogen-bond donors (Lipinski definition) is 0. The lowest BCUT2D eigenvalue weighted by Gasteiger charge is -2.21. The van der Waals surface area contributed by atoms with Gasteiger partial charge in [0.05, 0.1) is 0 Å². The van der Waals surface area contributed by atoms with Crippen molar-refractivity contribution < 1.29 is 9.53 Å². The smallest absolute Gasteiger partial charge is 0.331 e. The zero-order valence-corrected chi connectivity index (χ0v) is 10.1. The van der Waals surface area contributed by atoms with Crippen LogP contribution in [0.2, 0.25) is 0 Å². The van der Waals surface area contributed by atoms with Crippen molar-refractivity contribution in [2.45, 2.75) is 19.6 Å². The zero-order valence-electron chi connectivity index (χ0n) is 7.74. The molecule has 0 N–H and O–H groups in total. The molecule has 72 valence electrons. The number of ether oxygens (including phenoxy) is 1.